The molecule has 0 amide bonds. The monoisotopic (exact) mass is 228 g/mol. The topological polar surface area (TPSA) is 38.9 Å². The second kappa shape index (κ2) is 4.58. The van der Waals surface area contributed by atoms with Gasteiger partial charge in [-0.1, -0.05) is 0 Å². The lowest BCUT2D eigenvalue weighted by Gasteiger charge is -2.05. The zero-order valence-electron chi connectivity index (χ0n) is 7.13. The molecule has 2 nitrogen and oxygen atoms in total. The molecule has 0 saturated heterocycles. The minimum absolute atomic E-state index is 0.269. The Morgan fingerprint density at radius 3 is 3.00 bits per heavy atom. The normalized spacial score (nSPS) is 12.9. The lowest BCUT2D eigenvalue weighted by molar-refractivity contribution is 0.664. The molecule has 3 heteroatoms. The third-order valence-corrected chi connectivity index (χ3v) is 2.44. The summed E-state index contributed by atoms with van der Waals surface area (Å²) in [5.41, 5.74) is 6.94. The van der Waals surface area contributed by atoms with Crippen LogP contribution in [-0.2, 0) is 6.42 Å². The van der Waals surface area contributed by atoms with E-state index in [0.29, 0.717) is 0 Å². The smallest absolute Gasteiger partial charge is 0.0412 e. The maximum Gasteiger partial charge on any atom is 0.0412 e. The Morgan fingerprint density at radius 2 is 2.42 bits per heavy atom. The second-order valence-corrected chi connectivity index (χ2v) is 3.84. The maximum atomic E-state index is 5.66. The Morgan fingerprint density at radius 1 is 1.67 bits per heavy atom. The first kappa shape index (κ1) is 9.68. The summed E-state index contributed by atoms with van der Waals surface area (Å²) in [5.74, 6) is 0. The first-order valence-corrected chi connectivity index (χ1v) is 4.83. The van der Waals surface area contributed by atoms with Crippen LogP contribution in [0.2, 0.25) is 0 Å². The summed E-state index contributed by atoms with van der Waals surface area (Å²) in [6, 6.07) is 2.29. The highest BCUT2D eigenvalue weighted by molar-refractivity contribution is 9.10. The quantitative estimate of drug-likeness (QED) is 0.862. The Balaban J connectivity index is 2.57. The lowest BCUT2D eigenvalue weighted by Crippen LogP contribution is -2.15. The number of nitrogens with two attached hydrogens (primary N) is 1. The van der Waals surface area contributed by atoms with Gasteiger partial charge in [0.15, 0.2) is 0 Å². The molecule has 1 aromatic heterocycles. The number of hydrogen-bond acceptors (Lipinski definition) is 2. The van der Waals surface area contributed by atoms with Gasteiger partial charge in [0.05, 0.1) is 0 Å². The zero-order valence-corrected chi connectivity index (χ0v) is 8.71. The molecule has 1 atom stereocenters. The molecule has 0 unspecified atom stereocenters. The molecule has 2 N–H and O–H groups in total. The van der Waals surface area contributed by atoms with Gasteiger partial charge in [0.1, 0.15) is 0 Å². The summed E-state index contributed by atoms with van der Waals surface area (Å²) in [4.78, 5) is 3.99. The van der Waals surface area contributed by atoms with Crippen LogP contribution in [0.4, 0.5) is 0 Å². The molecule has 0 radical (unpaired) electrons. The number of aryl methyl sites for hydroxylation is 1. The van der Waals surface area contributed by atoms with Crippen molar-refractivity contribution < 1.29 is 0 Å². The molecule has 0 saturated carbocycles. The van der Waals surface area contributed by atoms with Gasteiger partial charge in [-0.25, -0.2) is 0 Å². The van der Waals surface area contributed by atoms with Crippen LogP contribution in [0, 0.1) is 0 Å². The minimum Gasteiger partial charge on any atom is -0.328 e. The fourth-order valence-corrected chi connectivity index (χ4v) is 1.44. The molecule has 0 aromatic carbocycles. The molecule has 0 spiro atoms. The fourth-order valence-electron chi connectivity index (χ4n) is 0.990. The van der Waals surface area contributed by atoms with Crippen LogP contribution >= 0.6 is 15.9 Å². The van der Waals surface area contributed by atoms with Crippen molar-refractivity contribution in [2.75, 3.05) is 0 Å². The summed E-state index contributed by atoms with van der Waals surface area (Å²) in [6.07, 6.45) is 5.65. The predicted octanol–water partition coefficient (Wildman–Crippen LogP) is 2.12. The summed E-state index contributed by atoms with van der Waals surface area (Å²) in [6.45, 7) is 2.02. The number of nitrogens with zero attached hydrogens (tertiary/aromatic N) is 1. The van der Waals surface area contributed by atoms with Crippen LogP contribution in [0.5, 0.6) is 0 Å². The molecule has 66 valence electrons. The third-order valence-electron chi connectivity index (χ3n) is 1.73. The molecule has 0 aliphatic heterocycles. The molecular weight excluding hydrogens is 216 g/mol. The average molecular weight is 229 g/mol. The van der Waals surface area contributed by atoms with Crippen molar-refractivity contribution in [3.63, 3.8) is 0 Å². The second-order valence-electron chi connectivity index (χ2n) is 2.98. The summed E-state index contributed by atoms with van der Waals surface area (Å²) < 4.78 is 1.07. The van der Waals surface area contributed by atoms with Gasteiger partial charge in [-0.05, 0) is 47.3 Å². The molecule has 1 rings (SSSR count). The fraction of sp³-hybridized carbons (Fsp3) is 0.444. The van der Waals surface area contributed by atoms with Crippen LogP contribution in [0.3, 0.4) is 0 Å². The van der Waals surface area contributed by atoms with Crippen molar-refractivity contribution in [2.24, 2.45) is 5.73 Å². The first-order valence-electron chi connectivity index (χ1n) is 4.04. The predicted molar refractivity (Wildman–Crippen MR) is 53.9 cm³/mol. The van der Waals surface area contributed by atoms with Crippen molar-refractivity contribution in [1.29, 1.82) is 0 Å². The van der Waals surface area contributed by atoms with E-state index in [4.69, 9.17) is 5.73 Å². The van der Waals surface area contributed by atoms with Gasteiger partial charge in [-0.3, -0.25) is 4.98 Å². The van der Waals surface area contributed by atoms with Crippen molar-refractivity contribution in [2.45, 2.75) is 25.8 Å². The molecule has 0 aliphatic rings. The SMILES string of the molecule is C[C@H](N)CCc1ccncc1Br. The van der Waals surface area contributed by atoms with Gasteiger partial charge < -0.3 is 5.73 Å². The van der Waals surface area contributed by atoms with Crippen molar-refractivity contribution >= 4 is 15.9 Å². The minimum atomic E-state index is 0.269. The summed E-state index contributed by atoms with van der Waals surface area (Å²) in [5, 5.41) is 0. The molecule has 0 bridgehead atoms. The van der Waals surface area contributed by atoms with Crippen LogP contribution in [0.25, 0.3) is 0 Å². The van der Waals surface area contributed by atoms with Crippen molar-refractivity contribution in [3.05, 3.63) is 28.5 Å². The Kier molecular flexibility index (Phi) is 3.69. The van der Waals surface area contributed by atoms with E-state index in [1.807, 2.05) is 19.2 Å². The third kappa shape index (κ3) is 2.91. The lowest BCUT2D eigenvalue weighted by atomic mass is 10.1. The van der Waals surface area contributed by atoms with E-state index in [1.165, 1.54) is 5.56 Å². The van der Waals surface area contributed by atoms with Crippen molar-refractivity contribution in [3.8, 4) is 0 Å². The highest BCUT2D eigenvalue weighted by Crippen LogP contribution is 2.16. The maximum absolute atomic E-state index is 5.66. The van der Waals surface area contributed by atoms with Crippen LogP contribution in [0.1, 0.15) is 18.9 Å². The van der Waals surface area contributed by atoms with Crippen LogP contribution in [-0.4, -0.2) is 11.0 Å². The largest absolute Gasteiger partial charge is 0.328 e. The highest BCUT2D eigenvalue weighted by Gasteiger charge is 2.00. The van der Waals surface area contributed by atoms with Gasteiger partial charge in [0, 0.05) is 22.9 Å². The van der Waals surface area contributed by atoms with E-state index in [0.717, 1.165) is 17.3 Å². The van der Waals surface area contributed by atoms with E-state index >= 15 is 0 Å². The van der Waals surface area contributed by atoms with E-state index in [9.17, 15) is 0 Å². The zero-order chi connectivity index (χ0) is 8.97. The highest BCUT2D eigenvalue weighted by atomic mass is 79.9. The van der Waals surface area contributed by atoms with Gasteiger partial charge in [0.25, 0.3) is 0 Å². The van der Waals surface area contributed by atoms with Gasteiger partial charge in [-0.15, -0.1) is 0 Å². The van der Waals surface area contributed by atoms with Gasteiger partial charge in [0.2, 0.25) is 0 Å². The van der Waals surface area contributed by atoms with Gasteiger partial charge >= 0.3 is 0 Å². The Labute approximate surface area is 81.3 Å². The van der Waals surface area contributed by atoms with E-state index in [1.54, 1.807) is 6.20 Å². The Hall–Kier alpha value is -0.410. The number of halogens is 1. The standard InChI is InChI=1S/C9H13BrN2/c1-7(11)2-3-8-4-5-12-6-9(8)10/h4-7H,2-3,11H2,1H3/t7-/m0/s1. The van der Waals surface area contributed by atoms with E-state index in [2.05, 4.69) is 20.9 Å². The summed E-state index contributed by atoms with van der Waals surface area (Å²) >= 11 is 3.44. The molecular formula is C9H13BrN2. The average Bonchev–Trinajstić information content (AvgIpc) is 2.03. The van der Waals surface area contributed by atoms with Crippen molar-refractivity contribution in [1.82, 2.24) is 4.98 Å². The molecule has 1 heterocycles. The molecule has 12 heavy (non-hydrogen) atoms. The number of rotatable bonds is 3. The Bertz CT molecular complexity index is 248. The molecule has 0 aliphatic carbocycles. The molecule has 0 fully saturated rings. The van der Waals surface area contributed by atoms with E-state index < -0.39 is 0 Å². The molecule has 1 aromatic rings. The summed E-state index contributed by atoms with van der Waals surface area (Å²) in [7, 11) is 0. The van der Waals surface area contributed by atoms with Crippen LogP contribution in [0.15, 0.2) is 22.9 Å². The number of aromatic nitrogens is 1. The van der Waals surface area contributed by atoms with Gasteiger partial charge in [-0.2, -0.15) is 0 Å². The first-order chi connectivity index (χ1) is 5.70. The van der Waals surface area contributed by atoms with E-state index in [-0.39, 0.29) is 6.04 Å². The van der Waals surface area contributed by atoms with Crippen LogP contribution < -0.4 is 5.73 Å². The number of pyridine rings is 1. The number of hydrogen-bond donors (Lipinski definition) is 1.